The van der Waals surface area contributed by atoms with Gasteiger partial charge in [0, 0.05) is 37.8 Å². The highest BCUT2D eigenvalue weighted by Gasteiger charge is 2.48. The summed E-state index contributed by atoms with van der Waals surface area (Å²) in [7, 11) is 0. The Bertz CT molecular complexity index is 814. The van der Waals surface area contributed by atoms with E-state index in [0.717, 1.165) is 31.4 Å². The van der Waals surface area contributed by atoms with E-state index >= 15 is 0 Å². The van der Waals surface area contributed by atoms with Crippen LogP contribution in [0.2, 0.25) is 0 Å². The van der Waals surface area contributed by atoms with Crippen molar-refractivity contribution in [3.63, 3.8) is 0 Å². The zero-order chi connectivity index (χ0) is 19.6. The van der Waals surface area contributed by atoms with Crippen LogP contribution >= 0.6 is 0 Å². The number of anilines is 1. The third-order valence-electron chi connectivity index (χ3n) is 6.23. The summed E-state index contributed by atoms with van der Waals surface area (Å²) in [5.74, 6) is -0.483. The molecular weight excluding hydrogens is 355 g/mol. The molecule has 2 aromatic carbocycles. The predicted molar refractivity (Wildman–Crippen MR) is 107 cm³/mol. The van der Waals surface area contributed by atoms with Gasteiger partial charge in [-0.05, 0) is 36.6 Å². The number of aliphatic hydroxyl groups is 1. The average molecular weight is 382 g/mol. The molecule has 1 amide bonds. The number of carbonyl (C=O) groups is 1. The van der Waals surface area contributed by atoms with E-state index in [9.17, 15) is 14.3 Å². The molecule has 1 saturated heterocycles. The Morgan fingerprint density at radius 2 is 1.64 bits per heavy atom. The monoisotopic (exact) mass is 382 g/mol. The number of benzene rings is 2. The van der Waals surface area contributed by atoms with Gasteiger partial charge in [-0.3, -0.25) is 4.79 Å². The summed E-state index contributed by atoms with van der Waals surface area (Å²) in [4.78, 5) is 17.4. The second-order valence-electron chi connectivity index (χ2n) is 7.87. The van der Waals surface area contributed by atoms with Crippen LogP contribution in [-0.2, 0) is 10.4 Å². The molecule has 0 aromatic heterocycles. The molecule has 2 fully saturated rings. The highest BCUT2D eigenvalue weighted by Crippen LogP contribution is 2.42. The fourth-order valence-electron chi connectivity index (χ4n) is 4.65. The lowest BCUT2D eigenvalue weighted by atomic mass is 9.79. The summed E-state index contributed by atoms with van der Waals surface area (Å²) in [6.07, 6.45) is 3.86. The zero-order valence-electron chi connectivity index (χ0n) is 16.1. The molecule has 0 unspecified atom stereocenters. The van der Waals surface area contributed by atoms with Gasteiger partial charge in [0.15, 0.2) is 5.60 Å². The third kappa shape index (κ3) is 3.51. The Morgan fingerprint density at radius 1 is 0.964 bits per heavy atom. The van der Waals surface area contributed by atoms with Crippen LogP contribution in [0.5, 0.6) is 0 Å². The molecule has 148 valence electrons. The maximum atomic E-state index is 13.5. The van der Waals surface area contributed by atoms with Gasteiger partial charge in [0.2, 0.25) is 0 Å². The highest BCUT2D eigenvalue weighted by molar-refractivity contribution is 5.87. The molecule has 4 nitrogen and oxygen atoms in total. The van der Waals surface area contributed by atoms with Crippen molar-refractivity contribution in [1.82, 2.24) is 4.90 Å². The van der Waals surface area contributed by atoms with Gasteiger partial charge in [0.1, 0.15) is 5.82 Å². The Balaban J connectivity index is 1.52. The fourth-order valence-corrected chi connectivity index (χ4v) is 4.65. The van der Waals surface area contributed by atoms with Gasteiger partial charge < -0.3 is 14.9 Å². The van der Waals surface area contributed by atoms with Crippen LogP contribution in [0.25, 0.3) is 0 Å². The number of rotatable bonds is 4. The third-order valence-corrected chi connectivity index (χ3v) is 6.23. The van der Waals surface area contributed by atoms with E-state index in [1.807, 2.05) is 36.4 Å². The number of hydrogen-bond donors (Lipinski definition) is 1. The minimum atomic E-state index is -1.46. The summed E-state index contributed by atoms with van der Waals surface area (Å²) in [6.45, 7) is 2.31. The zero-order valence-corrected chi connectivity index (χ0v) is 16.1. The number of hydrogen-bond acceptors (Lipinski definition) is 3. The van der Waals surface area contributed by atoms with Crippen molar-refractivity contribution in [1.29, 1.82) is 0 Å². The van der Waals surface area contributed by atoms with E-state index in [2.05, 4.69) is 4.90 Å². The summed E-state index contributed by atoms with van der Waals surface area (Å²) < 4.78 is 13.5. The normalized spacial score (nSPS) is 20.2. The SMILES string of the molecule is O=C(N1CCN(c2cccc(F)c2)CC1)[C@](O)(c1ccccc1)C1CCCC1. The van der Waals surface area contributed by atoms with Gasteiger partial charge in [0.05, 0.1) is 0 Å². The molecule has 2 aromatic rings. The van der Waals surface area contributed by atoms with Crippen LogP contribution in [0.15, 0.2) is 54.6 Å². The molecule has 1 aliphatic heterocycles. The fraction of sp³-hybridized carbons (Fsp3) is 0.435. The van der Waals surface area contributed by atoms with Crippen LogP contribution in [-0.4, -0.2) is 42.1 Å². The lowest BCUT2D eigenvalue weighted by molar-refractivity contribution is -0.159. The molecular formula is C23H27FN2O2. The molecule has 1 heterocycles. The van der Waals surface area contributed by atoms with E-state index in [1.165, 1.54) is 12.1 Å². The van der Waals surface area contributed by atoms with Crippen molar-refractivity contribution in [2.75, 3.05) is 31.1 Å². The number of carbonyl (C=O) groups excluding carboxylic acids is 1. The van der Waals surface area contributed by atoms with Gasteiger partial charge in [-0.15, -0.1) is 0 Å². The summed E-state index contributed by atoms with van der Waals surface area (Å²) in [6, 6.07) is 15.9. The van der Waals surface area contributed by atoms with E-state index in [0.29, 0.717) is 31.7 Å². The van der Waals surface area contributed by atoms with Crippen LogP contribution in [0.3, 0.4) is 0 Å². The molecule has 0 spiro atoms. The molecule has 4 rings (SSSR count). The standard InChI is InChI=1S/C23H27FN2O2/c24-20-11-6-12-21(17-20)25-13-15-26(16-14-25)22(27)23(28,19-9-4-5-10-19)18-7-2-1-3-8-18/h1-3,6-8,11-12,17,19,28H,4-5,9-10,13-16H2/t23-/m0/s1. The predicted octanol–water partition coefficient (Wildman–Crippen LogP) is 3.55. The van der Waals surface area contributed by atoms with Gasteiger partial charge >= 0.3 is 0 Å². The van der Waals surface area contributed by atoms with Gasteiger partial charge in [-0.1, -0.05) is 49.2 Å². The maximum Gasteiger partial charge on any atom is 0.259 e. The second-order valence-corrected chi connectivity index (χ2v) is 7.87. The number of halogens is 1. The van der Waals surface area contributed by atoms with E-state index in [-0.39, 0.29) is 17.6 Å². The molecule has 28 heavy (non-hydrogen) atoms. The quantitative estimate of drug-likeness (QED) is 0.880. The van der Waals surface area contributed by atoms with Crippen molar-refractivity contribution >= 4 is 11.6 Å². The van der Waals surface area contributed by atoms with E-state index in [4.69, 9.17) is 0 Å². The van der Waals surface area contributed by atoms with Crippen molar-refractivity contribution in [3.05, 3.63) is 66.0 Å². The Hall–Kier alpha value is -2.40. The van der Waals surface area contributed by atoms with Gasteiger partial charge in [0.25, 0.3) is 5.91 Å². The van der Waals surface area contributed by atoms with Crippen molar-refractivity contribution in [2.45, 2.75) is 31.3 Å². The highest BCUT2D eigenvalue weighted by atomic mass is 19.1. The van der Waals surface area contributed by atoms with Crippen LogP contribution in [0.4, 0.5) is 10.1 Å². The number of piperazine rings is 1. The summed E-state index contributed by atoms with van der Waals surface area (Å²) in [5.41, 5.74) is 0.0689. The first kappa shape index (κ1) is 18.9. The molecule has 1 atom stereocenters. The average Bonchev–Trinajstić information content (AvgIpc) is 3.29. The van der Waals surface area contributed by atoms with Crippen LogP contribution < -0.4 is 4.90 Å². The summed E-state index contributed by atoms with van der Waals surface area (Å²) >= 11 is 0. The largest absolute Gasteiger partial charge is 0.375 e. The molecule has 1 aliphatic carbocycles. The minimum absolute atomic E-state index is 0.0383. The topological polar surface area (TPSA) is 43.8 Å². The first-order valence-corrected chi connectivity index (χ1v) is 10.2. The maximum absolute atomic E-state index is 13.5. The van der Waals surface area contributed by atoms with E-state index < -0.39 is 5.60 Å². The Kier molecular flexibility index (Phi) is 5.36. The first-order valence-electron chi connectivity index (χ1n) is 10.2. The van der Waals surface area contributed by atoms with Crippen LogP contribution in [0.1, 0.15) is 31.2 Å². The minimum Gasteiger partial charge on any atom is -0.375 e. The second kappa shape index (κ2) is 7.92. The van der Waals surface area contributed by atoms with Gasteiger partial charge in [-0.25, -0.2) is 4.39 Å². The smallest absolute Gasteiger partial charge is 0.259 e. The van der Waals surface area contributed by atoms with Crippen molar-refractivity contribution < 1.29 is 14.3 Å². The van der Waals surface area contributed by atoms with Crippen molar-refractivity contribution in [3.8, 4) is 0 Å². The lowest BCUT2D eigenvalue weighted by Gasteiger charge is -2.42. The molecule has 5 heteroatoms. The Morgan fingerprint density at radius 3 is 2.29 bits per heavy atom. The number of amides is 1. The summed E-state index contributed by atoms with van der Waals surface area (Å²) in [5, 5.41) is 11.7. The molecule has 2 aliphatic rings. The van der Waals surface area contributed by atoms with E-state index in [1.54, 1.807) is 11.0 Å². The van der Waals surface area contributed by atoms with Gasteiger partial charge in [-0.2, -0.15) is 0 Å². The molecule has 1 N–H and O–H groups in total. The Labute approximate surface area is 165 Å². The molecule has 0 bridgehead atoms. The first-order chi connectivity index (χ1) is 13.6. The molecule has 0 radical (unpaired) electrons. The number of nitrogens with zero attached hydrogens (tertiary/aromatic N) is 2. The van der Waals surface area contributed by atoms with Crippen molar-refractivity contribution in [2.24, 2.45) is 5.92 Å². The lowest BCUT2D eigenvalue weighted by Crippen LogP contribution is -2.56. The van der Waals surface area contributed by atoms with Crippen LogP contribution in [0, 0.1) is 11.7 Å². The molecule has 1 saturated carbocycles.